The van der Waals surface area contributed by atoms with Gasteiger partial charge in [0.1, 0.15) is 18.2 Å². The van der Waals surface area contributed by atoms with Crippen molar-refractivity contribution < 1.29 is 40.2 Å². The zero-order chi connectivity index (χ0) is 22.7. The lowest BCUT2D eigenvalue weighted by atomic mass is 9.89. The van der Waals surface area contributed by atoms with Crippen LogP contribution < -0.4 is 0 Å². The third kappa shape index (κ3) is 8.18. The molecule has 0 aliphatic rings. The summed E-state index contributed by atoms with van der Waals surface area (Å²) in [7, 11) is 1.51. The SMILES string of the molecule is [2H]CC([2H])C(C)(C)C(=O)N(Cc1cc(F)cc(F)c1)OC(=O)OCCOCCOC. The summed E-state index contributed by atoms with van der Waals surface area (Å²) in [6, 6.07) is 2.63. The van der Waals surface area contributed by atoms with E-state index in [1.165, 1.54) is 21.0 Å². The first-order valence-corrected chi connectivity index (χ1v) is 8.51. The molecule has 0 saturated carbocycles. The van der Waals surface area contributed by atoms with E-state index in [2.05, 4.69) is 0 Å². The Kier molecular flexibility index (Phi) is 8.45. The molecule has 0 bridgehead atoms. The van der Waals surface area contributed by atoms with Crippen LogP contribution in [0.25, 0.3) is 0 Å². The Bertz CT molecular complexity index is 687. The second-order valence-corrected chi connectivity index (χ2v) is 6.34. The van der Waals surface area contributed by atoms with Gasteiger partial charge in [0, 0.05) is 21.3 Å². The van der Waals surface area contributed by atoms with E-state index < -0.39 is 42.1 Å². The molecule has 9 heteroatoms. The highest BCUT2D eigenvalue weighted by Crippen LogP contribution is 2.25. The van der Waals surface area contributed by atoms with Crippen LogP contribution in [0.4, 0.5) is 13.6 Å². The van der Waals surface area contributed by atoms with Gasteiger partial charge in [0.15, 0.2) is 0 Å². The van der Waals surface area contributed by atoms with Crippen molar-refractivity contribution in [1.82, 2.24) is 5.06 Å². The van der Waals surface area contributed by atoms with Crippen molar-refractivity contribution in [2.24, 2.45) is 5.41 Å². The lowest BCUT2D eigenvalue weighted by Gasteiger charge is -2.29. The molecule has 0 heterocycles. The van der Waals surface area contributed by atoms with Gasteiger partial charge in [-0.2, -0.15) is 5.06 Å². The van der Waals surface area contributed by atoms with Crippen molar-refractivity contribution in [3.8, 4) is 0 Å². The Balaban J connectivity index is 2.87. The molecule has 28 heavy (non-hydrogen) atoms. The number of carbonyl (C=O) groups is 2. The van der Waals surface area contributed by atoms with Gasteiger partial charge in [-0.1, -0.05) is 20.7 Å². The van der Waals surface area contributed by atoms with Crippen molar-refractivity contribution in [3.63, 3.8) is 0 Å². The molecular weight excluding hydrogens is 376 g/mol. The fourth-order valence-corrected chi connectivity index (χ4v) is 1.97. The van der Waals surface area contributed by atoms with Crippen LogP contribution in [-0.4, -0.2) is 50.7 Å². The van der Waals surface area contributed by atoms with Crippen LogP contribution in [0.2, 0.25) is 0 Å². The number of hydroxylamine groups is 2. The third-order valence-electron chi connectivity index (χ3n) is 3.60. The summed E-state index contributed by atoms with van der Waals surface area (Å²) in [5.74, 6) is -2.54. The molecule has 7 nitrogen and oxygen atoms in total. The van der Waals surface area contributed by atoms with Crippen LogP contribution in [-0.2, 0) is 30.4 Å². The van der Waals surface area contributed by atoms with Crippen molar-refractivity contribution >= 4 is 12.1 Å². The van der Waals surface area contributed by atoms with Gasteiger partial charge in [0.25, 0.3) is 5.91 Å². The number of carbonyl (C=O) groups excluding carboxylic acids is 2. The average molecular weight is 405 g/mol. The second kappa shape index (κ2) is 11.6. The molecule has 0 radical (unpaired) electrons. The summed E-state index contributed by atoms with van der Waals surface area (Å²) in [5, 5.41) is 0.583. The van der Waals surface area contributed by atoms with E-state index in [4.69, 9.17) is 21.8 Å². The predicted molar refractivity (Wildman–Crippen MR) is 96.1 cm³/mol. The van der Waals surface area contributed by atoms with Crippen LogP contribution >= 0.6 is 0 Å². The molecule has 0 fully saturated rings. The fraction of sp³-hybridized carbons (Fsp3) is 0.579. The number of amides is 1. The number of rotatable bonds is 10. The fourth-order valence-electron chi connectivity index (χ4n) is 1.97. The van der Waals surface area contributed by atoms with Gasteiger partial charge in [-0.15, -0.1) is 0 Å². The largest absolute Gasteiger partial charge is 0.533 e. The number of halogens is 2. The summed E-state index contributed by atoms with van der Waals surface area (Å²) in [6.07, 6.45) is -2.34. The second-order valence-electron chi connectivity index (χ2n) is 6.34. The molecule has 0 spiro atoms. The molecule has 0 aromatic heterocycles. The summed E-state index contributed by atoms with van der Waals surface area (Å²) < 4.78 is 57.0. The standard InChI is InChI=1S/C19H27F2NO6/c1-5-19(2,3)17(23)22(13-14-10-15(20)12-16(21)11-14)28-18(24)27-9-8-26-7-6-25-4/h10-12H,5-9,13H2,1-4H3/i1D,5D. The average Bonchev–Trinajstić information content (AvgIpc) is 2.68. The Morgan fingerprint density at radius 2 is 1.79 bits per heavy atom. The Labute approximate surface area is 166 Å². The van der Waals surface area contributed by atoms with Crippen LogP contribution in [0.5, 0.6) is 0 Å². The summed E-state index contributed by atoms with van der Waals surface area (Å²) >= 11 is 0. The van der Waals surface area contributed by atoms with Gasteiger partial charge in [-0.05, 0) is 24.1 Å². The normalized spacial score (nSPS) is 13.3. The highest BCUT2D eigenvalue weighted by atomic mass is 19.1. The van der Waals surface area contributed by atoms with E-state index in [1.54, 1.807) is 0 Å². The Hall–Kier alpha value is -2.26. The molecule has 0 N–H and O–H groups in total. The number of hydrogen-bond acceptors (Lipinski definition) is 6. The van der Waals surface area contributed by atoms with Crippen molar-refractivity contribution in [3.05, 3.63) is 35.4 Å². The monoisotopic (exact) mass is 405 g/mol. The van der Waals surface area contributed by atoms with Crippen LogP contribution in [0.15, 0.2) is 18.2 Å². The molecule has 0 aliphatic heterocycles. The Morgan fingerprint density at radius 1 is 1.14 bits per heavy atom. The molecule has 158 valence electrons. The van der Waals surface area contributed by atoms with Crippen molar-refractivity contribution in [1.29, 1.82) is 0 Å². The maximum absolute atomic E-state index is 13.5. The summed E-state index contributed by atoms with van der Waals surface area (Å²) in [6.45, 7) is 2.58. The minimum atomic E-state index is -1.41. The van der Waals surface area contributed by atoms with Gasteiger partial charge in [-0.25, -0.2) is 13.6 Å². The van der Waals surface area contributed by atoms with Gasteiger partial charge < -0.3 is 19.0 Å². The van der Waals surface area contributed by atoms with E-state index in [0.29, 0.717) is 24.3 Å². The van der Waals surface area contributed by atoms with E-state index >= 15 is 0 Å². The van der Waals surface area contributed by atoms with E-state index in [1.807, 2.05) is 0 Å². The maximum atomic E-state index is 13.5. The molecule has 1 rings (SSSR count). The van der Waals surface area contributed by atoms with Crippen LogP contribution in [0, 0.1) is 17.0 Å². The molecule has 1 amide bonds. The number of methoxy groups -OCH3 is 1. The zero-order valence-electron chi connectivity index (χ0n) is 18.2. The van der Waals surface area contributed by atoms with Gasteiger partial charge >= 0.3 is 6.16 Å². The predicted octanol–water partition coefficient (Wildman–Crippen LogP) is 3.46. The molecule has 1 unspecified atom stereocenters. The molecule has 0 aliphatic carbocycles. The minimum Gasteiger partial charge on any atom is -0.430 e. The zero-order valence-corrected chi connectivity index (χ0v) is 16.2. The maximum Gasteiger partial charge on any atom is 0.533 e. The summed E-state index contributed by atoms with van der Waals surface area (Å²) in [4.78, 5) is 29.8. The summed E-state index contributed by atoms with van der Waals surface area (Å²) in [5.41, 5.74) is -1.38. The first-order chi connectivity index (χ1) is 14.1. The topological polar surface area (TPSA) is 74.3 Å². The molecule has 1 atom stereocenters. The lowest BCUT2D eigenvalue weighted by Crippen LogP contribution is -2.41. The van der Waals surface area contributed by atoms with Gasteiger partial charge in [0.2, 0.25) is 0 Å². The van der Waals surface area contributed by atoms with Crippen molar-refractivity contribution in [2.75, 3.05) is 33.5 Å². The quantitative estimate of drug-likeness (QED) is 0.337. The van der Waals surface area contributed by atoms with Crippen molar-refractivity contribution in [2.45, 2.75) is 33.7 Å². The first-order valence-electron chi connectivity index (χ1n) is 9.80. The Morgan fingerprint density at radius 3 is 2.39 bits per heavy atom. The lowest BCUT2D eigenvalue weighted by molar-refractivity contribution is -0.186. The highest BCUT2D eigenvalue weighted by Gasteiger charge is 2.33. The van der Waals surface area contributed by atoms with Crippen LogP contribution in [0.1, 0.15) is 35.4 Å². The number of ether oxygens (including phenoxy) is 3. The third-order valence-corrected chi connectivity index (χ3v) is 3.60. The first kappa shape index (κ1) is 20.5. The molecule has 1 aromatic rings. The highest BCUT2D eigenvalue weighted by molar-refractivity contribution is 5.82. The number of benzene rings is 1. The molecule has 0 saturated heterocycles. The van der Waals surface area contributed by atoms with Gasteiger partial charge in [-0.3, -0.25) is 4.79 Å². The van der Waals surface area contributed by atoms with E-state index in [0.717, 1.165) is 12.1 Å². The number of hydrogen-bond donors (Lipinski definition) is 0. The smallest absolute Gasteiger partial charge is 0.430 e. The van der Waals surface area contributed by atoms with Crippen LogP contribution in [0.3, 0.4) is 0 Å². The van der Waals surface area contributed by atoms with E-state index in [-0.39, 0.29) is 25.7 Å². The van der Waals surface area contributed by atoms with Gasteiger partial charge in [0.05, 0.1) is 26.4 Å². The van der Waals surface area contributed by atoms with E-state index in [9.17, 15) is 18.4 Å². The molecular formula is C19H27F2NO6. The minimum absolute atomic E-state index is 0.0275. The number of nitrogens with zero attached hydrogens (tertiary/aromatic N) is 1. The molecule has 1 aromatic carbocycles.